The topological polar surface area (TPSA) is 84.2 Å². The van der Waals surface area contributed by atoms with Crippen molar-refractivity contribution in [3.05, 3.63) is 107 Å². The van der Waals surface area contributed by atoms with Crippen LogP contribution in [0.3, 0.4) is 0 Å². The fourth-order valence-corrected chi connectivity index (χ4v) is 4.71. The molecule has 1 aromatic carbocycles. The van der Waals surface area contributed by atoms with E-state index in [1.165, 1.54) is 6.07 Å². The van der Waals surface area contributed by atoms with Crippen LogP contribution in [0.5, 0.6) is 0 Å². The third kappa shape index (κ3) is 3.86. The fourth-order valence-electron chi connectivity index (χ4n) is 4.71. The van der Waals surface area contributed by atoms with Gasteiger partial charge in [-0.15, -0.1) is 0 Å². The second-order valence-electron chi connectivity index (χ2n) is 8.22. The van der Waals surface area contributed by atoms with Gasteiger partial charge in [0.2, 0.25) is 0 Å². The SMILES string of the molecule is CC1=C(C(=O)Nc2ccccn2)[C@@H](c2ccccc2F)C2=C(C[C@H](c3ccco3)CC2=O)N1. The minimum absolute atomic E-state index is 0.114. The van der Waals surface area contributed by atoms with Crippen LogP contribution in [0, 0.1) is 5.82 Å². The smallest absolute Gasteiger partial charge is 0.255 e. The highest BCUT2D eigenvalue weighted by Gasteiger charge is 2.42. The van der Waals surface area contributed by atoms with Crippen molar-refractivity contribution in [2.24, 2.45) is 0 Å². The van der Waals surface area contributed by atoms with Crippen LogP contribution in [-0.4, -0.2) is 16.7 Å². The summed E-state index contributed by atoms with van der Waals surface area (Å²) in [5, 5.41) is 6.05. The molecule has 1 amide bonds. The highest BCUT2D eigenvalue weighted by Crippen LogP contribution is 2.46. The first-order valence-corrected chi connectivity index (χ1v) is 10.8. The lowest BCUT2D eigenvalue weighted by Crippen LogP contribution is -2.37. The van der Waals surface area contributed by atoms with E-state index in [1.807, 2.05) is 6.07 Å². The number of ketones is 1. The summed E-state index contributed by atoms with van der Waals surface area (Å²) < 4.78 is 20.6. The first kappa shape index (κ1) is 20.9. The Balaban J connectivity index is 1.59. The van der Waals surface area contributed by atoms with Crippen molar-refractivity contribution in [2.75, 3.05) is 5.32 Å². The standard InChI is InChI=1S/C26H22FN3O3/c1-15-23(26(32)30-22-10-4-5-11-28-22)24(17-7-2-3-8-18(17)27)25-19(29-15)13-16(14-20(25)31)21-9-6-12-33-21/h2-12,16,24,29H,13-14H2,1H3,(H,28,30,32)/t16-,24+/m0/s1. The highest BCUT2D eigenvalue weighted by molar-refractivity contribution is 6.09. The number of hydrogen-bond acceptors (Lipinski definition) is 5. The molecule has 0 fully saturated rings. The van der Waals surface area contributed by atoms with E-state index in [-0.39, 0.29) is 18.1 Å². The van der Waals surface area contributed by atoms with Crippen molar-refractivity contribution in [3.8, 4) is 0 Å². The Morgan fingerprint density at radius 2 is 1.94 bits per heavy atom. The molecule has 5 rings (SSSR count). The van der Waals surface area contributed by atoms with Crippen LogP contribution in [0.25, 0.3) is 0 Å². The largest absolute Gasteiger partial charge is 0.469 e. The Bertz CT molecular complexity index is 1280. The van der Waals surface area contributed by atoms with Gasteiger partial charge < -0.3 is 15.1 Å². The maximum absolute atomic E-state index is 15.0. The lowest BCUT2D eigenvalue weighted by molar-refractivity contribution is -0.116. The van der Waals surface area contributed by atoms with Crippen molar-refractivity contribution in [2.45, 2.75) is 31.6 Å². The zero-order valence-corrected chi connectivity index (χ0v) is 18.0. The molecular formula is C26H22FN3O3. The lowest BCUT2D eigenvalue weighted by atomic mass is 9.72. The quantitative estimate of drug-likeness (QED) is 0.604. The van der Waals surface area contributed by atoms with Crippen molar-refractivity contribution in [1.29, 1.82) is 0 Å². The number of nitrogens with one attached hydrogen (secondary N) is 2. The third-order valence-electron chi connectivity index (χ3n) is 6.14. The molecule has 166 valence electrons. The van der Waals surface area contributed by atoms with Crippen LogP contribution in [0.15, 0.2) is 94.0 Å². The maximum atomic E-state index is 15.0. The molecule has 0 saturated heterocycles. The van der Waals surface area contributed by atoms with Crippen molar-refractivity contribution in [3.63, 3.8) is 0 Å². The van der Waals surface area contributed by atoms with Gasteiger partial charge in [-0.3, -0.25) is 9.59 Å². The Labute approximate surface area is 190 Å². The Morgan fingerprint density at radius 3 is 2.67 bits per heavy atom. The van der Waals surface area contributed by atoms with Crippen LogP contribution >= 0.6 is 0 Å². The van der Waals surface area contributed by atoms with Crippen molar-refractivity contribution in [1.82, 2.24) is 10.3 Å². The van der Waals surface area contributed by atoms with Gasteiger partial charge in [0.05, 0.1) is 6.26 Å². The molecule has 0 unspecified atom stereocenters. The number of benzene rings is 1. The molecule has 0 spiro atoms. The number of hydrogen-bond donors (Lipinski definition) is 2. The molecule has 6 nitrogen and oxygen atoms in total. The van der Waals surface area contributed by atoms with Crippen molar-refractivity contribution < 1.29 is 18.4 Å². The minimum Gasteiger partial charge on any atom is -0.469 e. The number of Topliss-reactive ketones (excluding diaryl/α,β-unsaturated/α-hetero) is 1. The number of carbonyl (C=O) groups is 2. The molecule has 2 atom stereocenters. The number of anilines is 1. The maximum Gasteiger partial charge on any atom is 0.255 e. The third-order valence-corrected chi connectivity index (χ3v) is 6.14. The molecule has 7 heteroatoms. The summed E-state index contributed by atoms with van der Waals surface area (Å²) in [7, 11) is 0. The summed E-state index contributed by atoms with van der Waals surface area (Å²) in [4.78, 5) is 31.0. The number of furan rings is 1. The zero-order valence-electron chi connectivity index (χ0n) is 18.0. The summed E-state index contributed by atoms with van der Waals surface area (Å²) in [5.41, 5.74) is 2.30. The molecule has 0 bridgehead atoms. The van der Waals surface area contributed by atoms with Gasteiger partial charge in [0.25, 0.3) is 5.91 Å². The Kier molecular flexibility index (Phi) is 5.38. The molecule has 3 heterocycles. The van der Waals surface area contributed by atoms with Gasteiger partial charge in [-0.05, 0) is 43.7 Å². The van der Waals surface area contributed by atoms with Crippen LogP contribution in [-0.2, 0) is 9.59 Å². The van der Waals surface area contributed by atoms with E-state index in [0.717, 1.165) is 5.76 Å². The summed E-state index contributed by atoms with van der Waals surface area (Å²) in [5.74, 6) is -0.850. The van der Waals surface area contributed by atoms with Crippen molar-refractivity contribution >= 4 is 17.5 Å². The number of rotatable bonds is 4. The lowest BCUT2D eigenvalue weighted by Gasteiger charge is -2.36. The molecular weight excluding hydrogens is 421 g/mol. The van der Waals surface area contributed by atoms with Gasteiger partial charge in [-0.25, -0.2) is 9.37 Å². The van der Waals surface area contributed by atoms with E-state index in [2.05, 4.69) is 15.6 Å². The summed E-state index contributed by atoms with van der Waals surface area (Å²) in [6.07, 6.45) is 3.93. The molecule has 33 heavy (non-hydrogen) atoms. The molecule has 2 aliphatic rings. The molecule has 2 aromatic heterocycles. The van der Waals surface area contributed by atoms with Gasteiger partial charge in [0.15, 0.2) is 5.78 Å². The van der Waals surface area contributed by atoms with Crippen LogP contribution in [0.4, 0.5) is 10.2 Å². The van der Waals surface area contributed by atoms with E-state index < -0.39 is 17.6 Å². The van der Waals surface area contributed by atoms with E-state index in [0.29, 0.717) is 40.3 Å². The fraction of sp³-hybridized carbons (Fsp3) is 0.192. The summed E-state index contributed by atoms with van der Waals surface area (Å²) in [6.45, 7) is 1.77. The number of pyridine rings is 1. The van der Waals surface area contributed by atoms with E-state index in [1.54, 1.807) is 61.8 Å². The normalized spacial score (nSPS) is 20.4. The highest BCUT2D eigenvalue weighted by atomic mass is 19.1. The van der Waals surface area contributed by atoms with Gasteiger partial charge >= 0.3 is 0 Å². The summed E-state index contributed by atoms with van der Waals surface area (Å²) in [6, 6.07) is 15.1. The number of amides is 1. The number of allylic oxidation sites excluding steroid dienone is 3. The molecule has 0 radical (unpaired) electrons. The van der Waals surface area contributed by atoms with Gasteiger partial charge in [0.1, 0.15) is 17.4 Å². The number of dihydropyridines is 1. The second-order valence-corrected chi connectivity index (χ2v) is 8.22. The number of aromatic nitrogens is 1. The Hall–Kier alpha value is -4.00. The number of nitrogens with zero attached hydrogens (tertiary/aromatic N) is 1. The zero-order chi connectivity index (χ0) is 22.9. The first-order chi connectivity index (χ1) is 16.0. The number of halogens is 1. The predicted octanol–water partition coefficient (Wildman–Crippen LogP) is 4.81. The molecule has 1 aliphatic carbocycles. The van der Waals surface area contributed by atoms with E-state index in [4.69, 9.17) is 4.42 Å². The van der Waals surface area contributed by atoms with E-state index in [9.17, 15) is 9.59 Å². The molecule has 3 aromatic rings. The molecule has 0 saturated carbocycles. The summed E-state index contributed by atoms with van der Waals surface area (Å²) >= 11 is 0. The minimum atomic E-state index is -0.823. The average molecular weight is 443 g/mol. The van der Waals surface area contributed by atoms with Crippen LogP contribution < -0.4 is 10.6 Å². The van der Waals surface area contributed by atoms with Crippen LogP contribution in [0.2, 0.25) is 0 Å². The van der Waals surface area contributed by atoms with Gasteiger partial charge in [0, 0.05) is 52.6 Å². The van der Waals surface area contributed by atoms with E-state index >= 15 is 4.39 Å². The molecule has 2 N–H and O–H groups in total. The second kappa shape index (κ2) is 8.50. The first-order valence-electron chi connectivity index (χ1n) is 10.8. The number of carbonyl (C=O) groups excluding carboxylic acids is 2. The van der Waals surface area contributed by atoms with Gasteiger partial charge in [-0.1, -0.05) is 24.3 Å². The van der Waals surface area contributed by atoms with Crippen LogP contribution in [0.1, 0.15) is 42.9 Å². The monoisotopic (exact) mass is 443 g/mol. The Morgan fingerprint density at radius 1 is 1.12 bits per heavy atom. The average Bonchev–Trinajstić information content (AvgIpc) is 3.34. The molecule has 1 aliphatic heterocycles. The van der Waals surface area contributed by atoms with Gasteiger partial charge in [-0.2, -0.15) is 0 Å². The predicted molar refractivity (Wildman–Crippen MR) is 121 cm³/mol.